The molecule has 332 valence electrons. The molecular weight excluding hydrogens is 753 g/mol. The van der Waals surface area contributed by atoms with Gasteiger partial charge in [-0.15, -0.1) is 0 Å². The summed E-state index contributed by atoms with van der Waals surface area (Å²) in [7, 11) is -4.07. The van der Waals surface area contributed by atoms with Crippen LogP contribution in [0.25, 0.3) is 0 Å². The quantitative estimate of drug-likeness (QED) is 0.0529. The molecule has 3 fully saturated rings. The number of hydrogen-bond acceptors (Lipinski definition) is 5. The van der Waals surface area contributed by atoms with Crippen LogP contribution in [-0.2, 0) is 22.8 Å². The lowest BCUT2D eigenvalue weighted by molar-refractivity contribution is -0.0287. The van der Waals surface area contributed by atoms with Gasteiger partial charge in [0.15, 0.2) is 25.0 Å². The molecule has 3 aliphatic carbocycles. The second-order valence-corrected chi connectivity index (χ2v) is 36.8. The van der Waals surface area contributed by atoms with Gasteiger partial charge in [0.2, 0.25) is 0 Å². The molecule has 0 radical (unpaired) electrons. The van der Waals surface area contributed by atoms with Crippen LogP contribution in [-0.4, -0.2) is 63.3 Å². The minimum atomic E-state index is -2.07. The van der Waals surface area contributed by atoms with Crippen molar-refractivity contribution in [3.05, 3.63) is 34.9 Å². The third-order valence-corrected chi connectivity index (χ3v) is 29.9. The first kappa shape index (κ1) is 51.0. The van der Waals surface area contributed by atoms with Crippen LogP contribution in [0.2, 0.25) is 54.4 Å². The van der Waals surface area contributed by atoms with Crippen molar-refractivity contribution in [3.8, 4) is 0 Å². The smallest absolute Gasteiger partial charge is 0.192 e. The summed E-state index contributed by atoms with van der Waals surface area (Å²) in [5, 5.41) is 0.246. The van der Waals surface area contributed by atoms with E-state index in [0.29, 0.717) is 24.7 Å². The first-order chi connectivity index (χ1) is 26.3. The lowest BCUT2D eigenvalue weighted by Gasteiger charge is -2.46. The summed E-state index contributed by atoms with van der Waals surface area (Å²) in [6.45, 7) is 41.8. The molecule has 57 heavy (non-hydrogen) atoms. The Hall–Kier alpha value is -0.329. The molecule has 6 atom stereocenters. The van der Waals surface area contributed by atoms with Crippen molar-refractivity contribution in [1.29, 1.82) is 0 Å². The molecule has 3 saturated carbocycles. The van der Waals surface area contributed by atoms with Gasteiger partial charge in [-0.05, 0) is 155 Å². The van der Waals surface area contributed by atoms with Gasteiger partial charge in [-0.3, -0.25) is 0 Å². The van der Waals surface area contributed by atoms with Gasteiger partial charge < -0.3 is 22.8 Å². The predicted molar refractivity (Wildman–Crippen MR) is 254 cm³/mol. The minimum absolute atomic E-state index is 0.0120. The van der Waals surface area contributed by atoms with Gasteiger partial charge in [0, 0.05) is 7.11 Å². The Balaban J connectivity index is 1.88. The fourth-order valence-corrected chi connectivity index (χ4v) is 16.0. The third-order valence-electron chi connectivity index (χ3n) is 16.1. The summed E-state index contributed by atoms with van der Waals surface area (Å²) in [4.78, 5) is 0. The van der Waals surface area contributed by atoms with Crippen LogP contribution in [0.15, 0.2) is 34.9 Å². The lowest BCUT2D eigenvalue weighted by atomic mass is 9.60. The number of allylic oxidation sites excluding steroid dienone is 3. The van der Waals surface area contributed by atoms with E-state index < -0.39 is 25.0 Å². The topological polar surface area (TPSA) is 46.2 Å². The minimum Gasteiger partial charge on any atom is -0.412 e. The molecular formula is C49H94O5Si3. The second-order valence-electron chi connectivity index (χ2n) is 22.6. The van der Waals surface area contributed by atoms with E-state index in [2.05, 4.69) is 134 Å². The Kier molecular flexibility index (Phi) is 18.5. The van der Waals surface area contributed by atoms with Gasteiger partial charge in [-0.2, -0.15) is 0 Å². The van der Waals surface area contributed by atoms with Crippen molar-refractivity contribution in [2.75, 3.05) is 20.5 Å². The van der Waals surface area contributed by atoms with Gasteiger partial charge in [0.05, 0.1) is 24.4 Å². The largest absolute Gasteiger partial charge is 0.412 e. The molecule has 0 aromatic carbocycles. The van der Waals surface area contributed by atoms with Crippen LogP contribution in [0, 0.1) is 23.2 Å². The maximum absolute atomic E-state index is 7.38. The van der Waals surface area contributed by atoms with Crippen molar-refractivity contribution in [2.24, 2.45) is 23.2 Å². The maximum atomic E-state index is 7.38. The molecule has 3 rings (SSSR count). The number of rotatable bonds is 20. The van der Waals surface area contributed by atoms with Crippen LogP contribution >= 0.6 is 0 Å². The van der Waals surface area contributed by atoms with E-state index in [-0.39, 0.29) is 27.9 Å². The molecule has 0 N–H and O–H groups in total. The van der Waals surface area contributed by atoms with Crippen LogP contribution in [0.5, 0.6) is 0 Å². The van der Waals surface area contributed by atoms with Crippen LogP contribution in [0.3, 0.4) is 0 Å². The molecule has 0 aliphatic heterocycles. The zero-order valence-corrected chi connectivity index (χ0v) is 44.0. The van der Waals surface area contributed by atoms with E-state index in [9.17, 15) is 0 Å². The molecule has 5 nitrogen and oxygen atoms in total. The molecule has 0 spiro atoms. The van der Waals surface area contributed by atoms with E-state index >= 15 is 0 Å². The average molecular weight is 848 g/mol. The molecule has 3 aliphatic rings. The summed E-state index contributed by atoms with van der Waals surface area (Å²) in [5.74, 6) is 2.26. The van der Waals surface area contributed by atoms with Crippen molar-refractivity contribution in [3.63, 3.8) is 0 Å². The summed E-state index contributed by atoms with van der Waals surface area (Å²) < 4.78 is 32.7. The standard InChI is InChI=1S/C49H94O5Si3/c1-19-57(20-2,21-3)54-48(11,12)32-22-25-38(4)42-30-31-43-40(26-23-33-49(42,43)13)29-28-39-35-44(52-55(15,16)46(5,6)7)41(27-24-34-51-37-50-14)45(36-39)53-56(17,18)47(8,9)10/h27-29,38,42-45H,19-26,30-37H2,1-18H3/b39-28?,40-29+,41-27?/t38-,42-,43+,44-,45-,49-/m1/s1. The van der Waals surface area contributed by atoms with E-state index in [4.69, 9.17) is 22.8 Å². The maximum Gasteiger partial charge on any atom is 0.192 e. The van der Waals surface area contributed by atoms with Crippen molar-refractivity contribution < 1.29 is 22.8 Å². The Labute approximate surface area is 357 Å². The summed E-state index contributed by atoms with van der Waals surface area (Å²) in [6.07, 6.45) is 20.7. The van der Waals surface area contributed by atoms with Crippen molar-refractivity contribution >= 4 is 25.0 Å². The van der Waals surface area contributed by atoms with Crippen molar-refractivity contribution in [1.82, 2.24) is 0 Å². The predicted octanol–water partition coefficient (Wildman–Crippen LogP) is 15.2. The highest BCUT2D eigenvalue weighted by Gasteiger charge is 2.51. The lowest BCUT2D eigenvalue weighted by Crippen LogP contribution is -2.50. The second kappa shape index (κ2) is 20.7. The Bertz CT molecular complexity index is 1300. The number of hydrogen-bond donors (Lipinski definition) is 0. The molecule has 0 saturated heterocycles. The molecule has 8 heteroatoms. The highest BCUT2D eigenvalue weighted by molar-refractivity contribution is 6.74. The van der Waals surface area contributed by atoms with Gasteiger partial charge in [-0.1, -0.05) is 118 Å². The SMILES string of the molecule is CC[Si](CC)(CC)OC(C)(C)CCC[C@@H](C)[C@H]1CC[C@H]2/C(=C/C=C3C[C@@H](O[Si](C)(C)C(C)(C)C)C(=CCCOCOC)[C@H](O[Si](C)(C)C(C)(C)C)C3)CCC[C@]12C. The first-order valence-electron chi connectivity index (χ1n) is 23.5. The van der Waals surface area contributed by atoms with Gasteiger partial charge in [0.25, 0.3) is 0 Å². The third kappa shape index (κ3) is 13.3. The normalized spacial score (nSPS) is 26.9. The van der Waals surface area contributed by atoms with Gasteiger partial charge in [0.1, 0.15) is 6.79 Å². The van der Waals surface area contributed by atoms with E-state index in [1.807, 2.05) is 0 Å². The van der Waals surface area contributed by atoms with E-state index in [0.717, 1.165) is 31.1 Å². The van der Waals surface area contributed by atoms with Crippen molar-refractivity contribution in [2.45, 2.75) is 233 Å². The molecule has 0 amide bonds. The van der Waals surface area contributed by atoms with Crippen LogP contribution in [0.4, 0.5) is 0 Å². The zero-order valence-electron chi connectivity index (χ0n) is 41.0. The average Bonchev–Trinajstić information content (AvgIpc) is 3.46. The Morgan fingerprint density at radius 1 is 0.825 bits per heavy atom. The molecule has 0 heterocycles. The Morgan fingerprint density at radius 2 is 1.39 bits per heavy atom. The number of ether oxygens (including phenoxy) is 2. The summed E-state index contributed by atoms with van der Waals surface area (Å²) in [6, 6.07) is 3.69. The zero-order chi connectivity index (χ0) is 43.1. The number of methoxy groups -OCH3 is 1. The Morgan fingerprint density at radius 3 is 1.89 bits per heavy atom. The number of fused-ring (bicyclic) bond motifs is 1. The van der Waals surface area contributed by atoms with E-state index in [1.54, 1.807) is 12.7 Å². The van der Waals surface area contributed by atoms with Crippen LogP contribution < -0.4 is 0 Å². The summed E-state index contributed by atoms with van der Waals surface area (Å²) in [5.41, 5.74) is 4.93. The molecule has 0 bridgehead atoms. The fourth-order valence-electron chi connectivity index (χ4n) is 10.2. The monoisotopic (exact) mass is 847 g/mol. The highest BCUT2D eigenvalue weighted by Crippen LogP contribution is 2.60. The first-order valence-corrected chi connectivity index (χ1v) is 31.9. The fraction of sp³-hybridized carbons (Fsp3) is 0.878. The molecule has 0 aromatic heterocycles. The molecule has 0 unspecified atom stereocenters. The van der Waals surface area contributed by atoms with Gasteiger partial charge in [-0.25, -0.2) is 0 Å². The van der Waals surface area contributed by atoms with Crippen LogP contribution in [0.1, 0.15) is 161 Å². The highest BCUT2D eigenvalue weighted by atomic mass is 28.4. The van der Waals surface area contributed by atoms with Gasteiger partial charge >= 0.3 is 0 Å². The van der Waals surface area contributed by atoms with E-state index in [1.165, 1.54) is 80.6 Å². The summed E-state index contributed by atoms with van der Waals surface area (Å²) >= 11 is 0. The molecule has 0 aromatic rings.